The summed E-state index contributed by atoms with van der Waals surface area (Å²) in [5.41, 5.74) is 6.10. The molecule has 0 atom stereocenters. The van der Waals surface area contributed by atoms with Crippen molar-refractivity contribution in [3.05, 3.63) is 6.33 Å². The van der Waals surface area contributed by atoms with Gasteiger partial charge in [-0.3, -0.25) is 0 Å². The van der Waals surface area contributed by atoms with Gasteiger partial charge in [0.25, 0.3) is 0 Å². The molecule has 1 aliphatic carbocycles. The lowest BCUT2D eigenvalue weighted by atomic mass is 10.4. The molecule has 5 nitrogen and oxygen atoms in total. The molecule has 0 saturated heterocycles. The fraction of sp³-hybridized carbons (Fsp3) is 0.556. The summed E-state index contributed by atoms with van der Waals surface area (Å²) in [5, 5.41) is 0. The van der Waals surface area contributed by atoms with Crippen molar-refractivity contribution in [1.82, 2.24) is 9.97 Å². The lowest BCUT2D eigenvalue weighted by Crippen LogP contribution is -2.05. The van der Waals surface area contributed by atoms with E-state index in [1.807, 2.05) is 0 Å². The summed E-state index contributed by atoms with van der Waals surface area (Å²) in [4.78, 5) is 7.81. The Morgan fingerprint density at radius 1 is 1.43 bits per heavy atom. The minimum atomic E-state index is 0.366. The van der Waals surface area contributed by atoms with Crippen molar-refractivity contribution in [3.8, 4) is 11.8 Å². The molecule has 14 heavy (non-hydrogen) atoms. The highest BCUT2D eigenvalue weighted by atomic mass is 16.5. The van der Waals surface area contributed by atoms with Crippen LogP contribution in [0.2, 0.25) is 0 Å². The van der Waals surface area contributed by atoms with Crippen LogP contribution in [0.15, 0.2) is 6.33 Å². The Balaban J connectivity index is 2.06. The number of nitrogens with two attached hydrogens (primary N) is 1. The Labute approximate surface area is 82.3 Å². The number of nitrogen functional groups attached to an aromatic ring is 1. The lowest BCUT2D eigenvalue weighted by molar-refractivity contribution is 0.287. The van der Waals surface area contributed by atoms with E-state index in [0.29, 0.717) is 30.0 Å². The van der Waals surface area contributed by atoms with Gasteiger partial charge in [-0.25, -0.2) is 0 Å². The molecular weight excluding hydrogens is 182 g/mol. The largest absolute Gasteiger partial charge is 0.479 e. The fourth-order valence-electron chi connectivity index (χ4n) is 1.12. The molecule has 0 aliphatic heterocycles. The molecule has 0 amide bonds. The zero-order valence-corrected chi connectivity index (χ0v) is 8.06. The van der Waals surface area contributed by atoms with Crippen molar-refractivity contribution < 1.29 is 9.47 Å². The maximum atomic E-state index is 5.73. The first kappa shape index (κ1) is 9.05. The van der Waals surface area contributed by atoms with Gasteiger partial charge < -0.3 is 15.2 Å². The number of rotatable bonds is 4. The normalized spacial score (nSPS) is 15.2. The molecule has 0 unspecified atom stereocenters. The summed E-state index contributed by atoms with van der Waals surface area (Å²) in [7, 11) is 1.52. The molecule has 0 bridgehead atoms. The molecule has 1 aromatic heterocycles. The molecule has 0 aromatic carbocycles. The number of methoxy groups -OCH3 is 1. The van der Waals surface area contributed by atoms with Gasteiger partial charge in [-0.1, -0.05) is 0 Å². The molecule has 2 rings (SSSR count). The summed E-state index contributed by atoms with van der Waals surface area (Å²) in [5.74, 6) is 1.46. The van der Waals surface area contributed by atoms with Gasteiger partial charge >= 0.3 is 0 Å². The number of hydrogen-bond donors (Lipinski definition) is 1. The predicted octanol–water partition coefficient (Wildman–Crippen LogP) is 0.856. The first-order valence-electron chi connectivity index (χ1n) is 4.58. The van der Waals surface area contributed by atoms with E-state index in [2.05, 4.69) is 9.97 Å². The van der Waals surface area contributed by atoms with E-state index >= 15 is 0 Å². The summed E-state index contributed by atoms with van der Waals surface area (Å²) in [6.07, 6.45) is 3.86. The smallest absolute Gasteiger partial charge is 0.244 e. The predicted molar refractivity (Wildman–Crippen MR) is 51.2 cm³/mol. The monoisotopic (exact) mass is 195 g/mol. The van der Waals surface area contributed by atoms with Gasteiger partial charge in [0.05, 0.1) is 13.7 Å². The average molecular weight is 195 g/mol. The first-order chi connectivity index (χ1) is 6.81. The fourth-order valence-corrected chi connectivity index (χ4v) is 1.12. The highest BCUT2D eigenvalue weighted by Crippen LogP contribution is 2.31. The molecule has 2 N–H and O–H groups in total. The van der Waals surface area contributed by atoms with Crippen molar-refractivity contribution in [2.24, 2.45) is 5.92 Å². The van der Waals surface area contributed by atoms with Gasteiger partial charge in [0.15, 0.2) is 5.69 Å². The Hall–Kier alpha value is -1.52. The van der Waals surface area contributed by atoms with Crippen LogP contribution in [0.1, 0.15) is 12.8 Å². The van der Waals surface area contributed by atoms with Gasteiger partial charge in [0.1, 0.15) is 6.33 Å². The Morgan fingerprint density at radius 3 is 2.79 bits per heavy atom. The lowest BCUT2D eigenvalue weighted by Gasteiger charge is -2.08. The van der Waals surface area contributed by atoms with Crippen LogP contribution in [0, 0.1) is 5.92 Å². The molecule has 0 spiro atoms. The van der Waals surface area contributed by atoms with Gasteiger partial charge in [-0.05, 0) is 18.8 Å². The maximum Gasteiger partial charge on any atom is 0.244 e. The van der Waals surface area contributed by atoms with E-state index < -0.39 is 0 Å². The van der Waals surface area contributed by atoms with Crippen molar-refractivity contribution in [3.63, 3.8) is 0 Å². The summed E-state index contributed by atoms with van der Waals surface area (Å²) in [6, 6.07) is 0. The number of aromatic nitrogens is 2. The molecule has 1 aliphatic rings. The van der Waals surface area contributed by atoms with E-state index in [9.17, 15) is 0 Å². The van der Waals surface area contributed by atoms with Crippen LogP contribution < -0.4 is 15.2 Å². The first-order valence-corrected chi connectivity index (χ1v) is 4.58. The average Bonchev–Trinajstić information content (AvgIpc) is 3.00. The van der Waals surface area contributed by atoms with E-state index in [0.717, 1.165) is 0 Å². The highest BCUT2D eigenvalue weighted by Gasteiger charge is 2.23. The molecule has 1 fully saturated rings. The summed E-state index contributed by atoms with van der Waals surface area (Å²) < 4.78 is 10.4. The third-order valence-electron chi connectivity index (χ3n) is 2.16. The van der Waals surface area contributed by atoms with Gasteiger partial charge in [0.2, 0.25) is 11.8 Å². The van der Waals surface area contributed by atoms with Gasteiger partial charge in [-0.2, -0.15) is 9.97 Å². The van der Waals surface area contributed by atoms with Crippen molar-refractivity contribution in [1.29, 1.82) is 0 Å². The molecule has 1 heterocycles. The molecule has 5 heteroatoms. The highest BCUT2D eigenvalue weighted by molar-refractivity contribution is 5.55. The van der Waals surface area contributed by atoms with Crippen LogP contribution in [-0.4, -0.2) is 23.7 Å². The molecule has 0 radical (unpaired) electrons. The minimum absolute atomic E-state index is 0.366. The van der Waals surface area contributed by atoms with E-state index in [4.69, 9.17) is 15.2 Å². The van der Waals surface area contributed by atoms with Crippen LogP contribution in [0.25, 0.3) is 0 Å². The number of ether oxygens (including phenoxy) is 2. The van der Waals surface area contributed by atoms with Crippen molar-refractivity contribution in [2.75, 3.05) is 19.5 Å². The van der Waals surface area contributed by atoms with E-state index in [1.165, 1.54) is 26.3 Å². The second kappa shape index (κ2) is 3.69. The van der Waals surface area contributed by atoms with Crippen LogP contribution in [-0.2, 0) is 0 Å². The number of nitrogens with zero attached hydrogens (tertiary/aromatic N) is 2. The third-order valence-corrected chi connectivity index (χ3v) is 2.16. The third kappa shape index (κ3) is 1.86. The number of hydrogen-bond acceptors (Lipinski definition) is 5. The maximum absolute atomic E-state index is 5.73. The van der Waals surface area contributed by atoms with Crippen LogP contribution >= 0.6 is 0 Å². The Morgan fingerprint density at radius 2 is 2.14 bits per heavy atom. The number of anilines is 1. The van der Waals surface area contributed by atoms with Crippen molar-refractivity contribution in [2.45, 2.75) is 12.8 Å². The zero-order valence-electron chi connectivity index (χ0n) is 8.06. The minimum Gasteiger partial charge on any atom is -0.479 e. The van der Waals surface area contributed by atoms with Crippen molar-refractivity contribution >= 4 is 5.69 Å². The summed E-state index contributed by atoms with van der Waals surface area (Å²) >= 11 is 0. The SMILES string of the molecule is COc1ncnc(OCC2CC2)c1N. The zero-order chi connectivity index (χ0) is 9.97. The Bertz CT molecular complexity index is 326. The second-order valence-electron chi connectivity index (χ2n) is 3.36. The van der Waals surface area contributed by atoms with Gasteiger partial charge in [-0.15, -0.1) is 0 Å². The molecule has 1 saturated carbocycles. The molecular formula is C9H13N3O2. The molecule has 76 valence electrons. The van der Waals surface area contributed by atoms with Crippen LogP contribution in [0.3, 0.4) is 0 Å². The van der Waals surface area contributed by atoms with E-state index in [-0.39, 0.29) is 0 Å². The topological polar surface area (TPSA) is 70.3 Å². The second-order valence-corrected chi connectivity index (χ2v) is 3.36. The summed E-state index contributed by atoms with van der Waals surface area (Å²) in [6.45, 7) is 0.685. The van der Waals surface area contributed by atoms with Crippen LogP contribution in [0.4, 0.5) is 5.69 Å². The quantitative estimate of drug-likeness (QED) is 0.771. The molecule has 1 aromatic rings. The van der Waals surface area contributed by atoms with Gasteiger partial charge in [0, 0.05) is 0 Å². The standard InChI is InChI=1S/C9H13N3O2/c1-13-8-7(10)9(12-5-11-8)14-4-6-2-3-6/h5-6H,2-4,10H2,1H3. The van der Waals surface area contributed by atoms with E-state index in [1.54, 1.807) is 0 Å². The Kier molecular flexibility index (Phi) is 2.39. The van der Waals surface area contributed by atoms with Crippen LogP contribution in [0.5, 0.6) is 11.8 Å².